The normalized spacial score (nSPS) is 11.0. The van der Waals surface area contributed by atoms with Crippen molar-refractivity contribution in [1.82, 2.24) is 0 Å². The Morgan fingerprint density at radius 2 is 1.82 bits per heavy atom. The highest BCUT2D eigenvalue weighted by Crippen LogP contribution is 2.31. The van der Waals surface area contributed by atoms with Crippen LogP contribution < -0.4 is 4.74 Å². The Morgan fingerprint density at radius 1 is 1.18 bits per heavy atom. The molecule has 0 heterocycles. The number of hydrogen-bond donors (Lipinski definition) is 0. The van der Waals surface area contributed by atoms with Gasteiger partial charge in [-0.1, -0.05) is 30.3 Å². The summed E-state index contributed by atoms with van der Waals surface area (Å²) in [6.45, 7) is 3.27. The van der Waals surface area contributed by atoms with E-state index in [0.717, 1.165) is 18.2 Å². The lowest BCUT2D eigenvalue weighted by molar-refractivity contribution is -0.385. The predicted molar refractivity (Wildman–Crippen MR) is 78.2 cm³/mol. The number of nitrogens with zero attached hydrogens (tertiary/aromatic N) is 1. The van der Waals surface area contributed by atoms with Gasteiger partial charge in [-0.15, -0.1) is 0 Å². The Hall–Kier alpha value is -2.76. The van der Waals surface area contributed by atoms with Crippen molar-refractivity contribution < 1.29 is 18.8 Å². The molecular weight excluding hydrogens is 289 g/mol. The molecule has 0 saturated carbocycles. The van der Waals surface area contributed by atoms with Crippen LogP contribution in [-0.2, 0) is 10.2 Å². The lowest BCUT2D eigenvalue weighted by Gasteiger charge is -2.22. The number of benzene rings is 2. The number of ether oxygens (including phenoxy) is 1. The summed E-state index contributed by atoms with van der Waals surface area (Å²) >= 11 is 0. The van der Waals surface area contributed by atoms with Gasteiger partial charge in [0.1, 0.15) is 5.82 Å². The summed E-state index contributed by atoms with van der Waals surface area (Å²) in [5, 5.41) is 10.9. The predicted octanol–water partition coefficient (Wildman–Crippen LogP) is 3.62. The van der Waals surface area contributed by atoms with Crippen LogP contribution in [0.3, 0.4) is 0 Å². The molecule has 0 unspecified atom stereocenters. The number of hydrogen-bond acceptors (Lipinski definition) is 4. The number of nitro benzene ring substituents is 1. The summed E-state index contributed by atoms with van der Waals surface area (Å²) in [4.78, 5) is 22.6. The summed E-state index contributed by atoms with van der Waals surface area (Å²) in [6.07, 6.45) is 0. The Kier molecular flexibility index (Phi) is 4.21. The van der Waals surface area contributed by atoms with Crippen molar-refractivity contribution in [2.45, 2.75) is 19.3 Å². The van der Waals surface area contributed by atoms with Gasteiger partial charge in [0.25, 0.3) is 0 Å². The van der Waals surface area contributed by atoms with Crippen LogP contribution in [0.1, 0.15) is 19.4 Å². The minimum Gasteiger partial charge on any atom is -0.418 e. The molecule has 0 fully saturated rings. The summed E-state index contributed by atoms with van der Waals surface area (Å²) in [7, 11) is 0. The maximum atomic E-state index is 13.3. The molecule has 0 atom stereocenters. The lowest BCUT2D eigenvalue weighted by atomic mass is 9.85. The molecule has 0 aliphatic carbocycles. The molecule has 114 valence electrons. The van der Waals surface area contributed by atoms with E-state index < -0.39 is 33.6 Å². The number of esters is 1. The van der Waals surface area contributed by atoms with Crippen molar-refractivity contribution in [2.24, 2.45) is 0 Å². The first-order valence-corrected chi connectivity index (χ1v) is 6.54. The van der Waals surface area contributed by atoms with Crippen LogP contribution in [-0.4, -0.2) is 10.9 Å². The molecule has 0 N–H and O–H groups in total. The fourth-order valence-corrected chi connectivity index (χ4v) is 1.92. The number of nitro groups is 1. The maximum Gasteiger partial charge on any atom is 0.321 e. The minimum absolute atomic E-state index is 0.404. The first kappa shape index (κ1) is 15.6. The minimum atomic E-state index is -1.03. The van der Waals surface area contributed by atoms with Gasteiger partial charge in [0.2, 0.25) is 5.75 Å². The van der Waals surface area contributed by atoms with E-state index in [0.29, 0.717) is 5.56 Å². The largest absolute Gasteiger partial charge is 0.418 e. The van der Waals surface area contributed by atoms with E-state index in [1.54, 1.807) is 38.1 Å². The highest BCUT2D eigenvalue weighted by Gasteiger charge is 2.33. The van der Waals surface area contributed by atoms with Crippen LogP contribution in [0.4, 0.5) is 10.1 Å². The fourth-order valence-electron chi connectivity index (χ4n) is 1.92. The topological polar surface area (TPSA) is 69.4 Å². The highest BCUT2D eigenvalue weighted by molar-refractivity contribution is 5.84. The molecule has 0 aliphatic heterocycles. The van der Waals surface area contributed by atoms with Crippen LogP contribution in [0.15, 0.2) is 48.5 Å². The summed E-state index contributed by atoms with van der Waals surface area (Å²) < 4.78 is 18.4. The third-order valence-corrected chi connectivity index (χ3v) is 3.33. The van der Waals surface area contributed by atoms with Crippen LogP contribution >= 0.6 is 0 Å². The molecule has 0 aromatic heterocycles. The third-order valence-electron chi connectivity index (χ3n) is 3.33. The van der Waals surface area contributed by atoms with Crippen molar-refractivity contribution in [3.8, 4) is 5.75 Å². The number of carbonyl (C=O) groups is 1. The van der Waals surface area contributed by atoms with E-state index in [2.05, 4.69) is 0 Å². The molecule has 5 nitrogen and oxygen atoms in total. The molecule has 0 aliphatic rings. The number of halogens is 1. The monoisotopic (exact) mass is 303 g/mol. The molecular formula is C16H14FNO4. The summed E-state index contributed by atoms with van der Waals surface area (Å²) in [5.41, 5.74) is -0.792. The van der Waals surface area contributed by atoms with Crippen molar-refractivity contribution >= 4 is 11.7 Å². The first-order valence-electron chi connectivity index (χ1n) is 6.54. The average Bonchev–Trinajstić information content (AvgIpc) is 2.47. The lowest BCUT2D eigenvalue weighted by Crippen LogP contribution is -2.33. The van der Waals surface area contributed by atoms with E-state index in [9.17, 15) is 19.3 Å². The van der Waals surface area contributed by atoms with Gasteiger partial charge in [0, 0.05) is 12.1 Å². The first-order chi connectivity index (χ1) is 10.3. The molecule has 6 heteroatoms. The van der Waals surface area contributed by atoms with Gasteiger partial charge in [0.15, 0.2) is 0 Å². The van der Waals surface area contributed by atoms with Crippen LogP contribution in [0.5, 0.6) is 5.75 Å². The van der Waals surface area contributed by atoms with Gasteiger partial charge >= 0.3 is 11.7 Å². The second-order valence-corrected chi connectivity index (χ2v) is 5.25. The van der Waals surface area contributed by atoms with Gasteiger partial charge in [-0.3, -0.25) is 14.9 Å². The second kappa shape index (κ2) is 5.93. The van der Waals surface area contributed by atoms with Crippen LogP contribution in [0, 0.1) is 15.9 Å². The molecule has 2 aromatic carbocycles. The van der Waals surface area contributed by atoms with E-state index >= 15 is 0 Å². The fraction of sp³-hybridized carbons (Fsp3) is 0.188. The van der Waals surface area contributed by atoms with Crippen LogP contribution in [0.25, 0.3) is 0 Å². The molecule has 22 heavy (non-hydrogen) atoms. The van der Waals surface area contributed by atoms with Gasteiger partial charge in [0.05, 0.1) is 10.3 Å². The molecule has 0 spiro atoms. The quantitative estimate of drug-likeness (QED) is 0.374. The van der Waals surface area contributed by atoms with Gasteiger partial charge < -0.3 is 4.74 Å². The molecule has 0 saturated heterocycles. The Balaban J connectivity index is 2.33. The Labute approximate surface area is 126 Å². The summed E-state index contributed by atoms with van der Waals surface area (Å²) in [6, 6.07) is 11.6. The van der Waals surface area contributed by atoms with Gasteiger partial charge in [-0.2, -0.15) is 0 Å². The van der Waals surface area contributed by atoms with Gasteiger partial charge in [-0.25, -0.2) is 4.39 Å². The molecule has 0 bridgehead atoms. The Morgan fingerprint density at radius 3 is 2.41 bits per heavy atom. The SMILES string of the molecule is CC(C)(C(=O)Oc1cc(F)ccc1[N+](=O)[O-])c1ccccc1. The van der Waals surface area contributed by atoms with Crippen LogP contribution in [0.2, 0.25) is 0 Å². The Bertz CT molecular complexity index is 713. The molecule has 0 amide bonds. The third kappa shape index (κ3) is 3.11. The van der Waals surface area contributed by atoms with E-state index in [-0.39, 0.29) is 0 Å². The summed E-state index contributed by atoms with van der Waals surface area (Å²) in [5.74, 6) is -1.82. The molecule has 2 aromatic rings. The zero-order valence-corrected chi connectivity index (χ0v) is 12.1. The van der Waals surface area contributed by atoms with Crippen molar-refractivity contribution in [3.05, 3.63) is 70.0 Å². The molecule has 0 radical (unpaired) electrons. The van der Waals surface area contributed by atoms with Crippen molar-refractivity contribution in [2.75, 3.05) is 0 Å². The van der Waals surface area contributed by atoms with E-state index in [1.807, 2.05) is 6.07 Å². The number of carbonyl (C=O) groups excluding carboxylic acids is 1. The smallest absolute Gasteiger partial charge is 0.321 e. The van der Waals surface area contributed by atoms with Crippen molar-refractivity contribution in [3.63, 3.8) is 0 Å². The zero-order chi connectivity index (χ0) is 16.3. The standard InChI is InChI=1S/C16H14FNO4/c1-16(2,11-6-4-3-5-7-11)15(19)22-14-10-12(17)8-9-13(14)18(20)21/h3-10H,1-2H3. The highest BCUT2D eigenvalue weighted by atomic mass is 19.1. The number of rotatable bonds is 4. The maximum absolute atomic E-state index is 13.3. The van der Waals surface area contributed by atoms with E-state index in [1.165, 1.54) is 0 Å². The van der Waals surface area contributed by atoms with Crippen molar-refractivity contribution in [1.29, 1.82) is 0 Å². The molecule has 2 rings (SSSR count). The zero-order valence-electron chi connectivity index (χ0n) is 12.1. The second-order valence-electron chi connectivity index (χ2n) is 5.25. The van der Waals surface area contributed by atoms with Gasteiger partial charge in [-0.05, 0) is 25.5 Å². The van der Waals surface area contributed by atoms with E-state index in [4.69, 9.17) is 4.74 Å². The average molecular weight is 303 g/mol.